The third kappa shape index (κ3) is 5.90. The molecule has 40 heavy (non-hydrogen) atoms. The SMILES string of the molecule is COC(=O)Cc1cnc([C@H]2CC[C@H](C3=C(C(=O)OC)C(c4ccc(F)cc4Cl)N=C(c4nccs4)N3)CC2)nc1. The number of carbonyl (C=O) groups is 2. The fourth-order valence-electron chi connectivity index (χ4n) is 5.17. The molecule has 1 aliphatic heterocycles. The summed E-state index contributed by atoms with van der Waals surface area (Å²) in [5.74, 6) is 0.0460. The molecule has 12 heteroatoms. The van der Waals surface area contributed by atoms with Crippen LogP contribution in [0.1, 0.15) is 59.6 Å². The molecule has 1 atom stereocenters. The molecule has 9 nitrogen and oxygen atoms in total. The van der Waals surface area contributed by atoms with Gasteiger partial charge in [0.05, 0.1) is 26.2 Å². The van der Waals surface area contributed by atoms with Crippen molar-refractivity contribution in [3.63, 3.8) is 0 Å². The summed E-state index contributed by atoms with van der Waals surface area (Å²) >= 11 is 7.88. The number of methoxy groups -OCH3 is 2. The van der Waals surface area contributed by atoms with Crippen molar-refractivity contribution in [1.82, 2.24) is 20.3 Å². The highest BCUT2D eigenvalue weighted by Crippen LogP contribution is 2.43. The lowest BCUT2D eigenvalue weighted by Gasteiger charge is -2.34. The van der Waals surface area contributed by atoms with Crippen molar-refractivity contribution in [2.45, 2.75) is 44.1 Å². The number of rotatable bonds is 7. The number of benzene rings is 1. The highest BCUT2D eigenvalue weighted by Gasteiger charge is 2.38. The monoisotopic (exact) mass is 583 g/mol. The van der Waals surface area contributed by atoms with E-state index in [0.717, 1.165) is 31.5 Å². The second kappa shape index (κ2) is 12.2. The van der Waals surface area contributed by atoms with Crippen LogP contribution >= 0.6 is 22.9 Å². The van der Waals surface area contributed by atoms with Crippen LogP contribution in [0.2, 0.25) is 5.02 Å². The predicted octanol–water partition coefficient (Wildman–Crippen LogP) is 4.93. The second-order valence-corrected chi connectivity index (χ2v) is 10.9. The van der Waals surface area contributed by atoms with Crippen LogP contribution in [0.3, 0.4) is 0 Å². The summed E-state index contributed by atoms with van der Waals surface area (Å²) in [6, 6.07) is 3.28. The van der Waals surface area contributed by atoms with Crippen molar-refractivity contribution in [3.05, 3.63) is 86.2 Å². The van der Waals surface area contributed by atoms with Gasteiger partial charge in [-0.25, -0.2) is 24.1 Å². The van der Waals surface area contributed by atoms with E-state index in [-0.39, 0.29) is 29.2 Å². The molecule has 1 aliphatic carbocycles. The standard InChI is InChI=1S/C28H27ClFN5O4S/c1-38-21(36)11-15-13-32-25(33-14-15)17-5-3-16(4-6-17)23-22(28(37)39-2)24(19-8-7-18(30)12-20(19)29)35-26(34-23)27-31-9-10-40-27/h7-10,12-14,16-17,24H,3-6,11H2,1-2H3,(H,34,35)/t16-,17-,24?. The largest absolute Gasteiger partial charge is 0.469 e. The number of hydrogen-bond acceptors (Lipinski definition) is 10. The molecule has 0 bridgehead atoms. The van der Waals surface area contributed by atoms with E-state index in [2.05, 4.69) is 20.3 Å². The normalized spacial score (nSPS) is 20.9. The number of carbonyl (C=O) groups excluding carboxylic acids is 2. The minimum Gasteiger partial charge on any atom is -0.469 e. The average molecular weight is 584 g/mol. The zero-order valence-corrected chi connectivity index (χ0v) is 23.5. The maximum atomic E-state index is 13.9. The van der Waals surface area contributed by atoms with Crippen molar-refractivity contribution in [3.8, 4) is 0 Å². The number of halogens is 2. The van der Waals surface area contributed by atoms with Crippen molar-refractivity contribution in [2.75, 3.05) is 14.2 Å². The summed E-state index contributed by atoms with van der Waals surface area (Å²) < 4.78 is 23.8. The molecule has 2 aromatic heterocycles. The molecule has 2 aliphatic rings. The summed E-state index contributed by atoms with van der Waals surface area (Å²) in [6.45, 7) is 0. The van der Waals surface area contributed by atoms with Gasteiger partial charge < -0.3 is 14.8 Å². The zero-order valence-electron chi connectivity index (χ0n) is 21.9. The molecule has 1 saturated carbocycles. The number of esters is 2. The third-order valence-electron chi connectivity index (χ3n) is 7.17. The van der Waals surface area contributed by atoms with Crippen LogP contribution < -0.4 is 5.32 Å². The fourth-order valence-corrected chi connectivity index (χ4v) is 6.02. The number of nitrogens with one attached hydrogen (secondary N) is 1. The van der Waals surface area contributed by atoms with Crippen molar-refractivity contribution < 1.29 is 23.5 Å². The smallest absolute Gasteiger partial charge is 0.338 e. The first kappa shape index (κ1) is 27.9. The number of aromatic nitrogens is 3. The number of thiazole rings is 1. The molecule has 3 aromatic rings. The maximum absolute atomic E-state index is 13.9. The summed E-state index contributed by atoms with van der Waals surface area (Å²) in [6.07, 6.45) is 8.26. The maximum Gasteiger partial charge on any atom is 0.338 e. The Morgan fingerprint density at radius 3 is 2.42 bits per heavy atom. The zero-order chi connectivity index (χ0) is 28.2. The first-order valence-electron chi connectivity index (χ1n) is 12.8. The number of amidine groups is 1. The Bertz CT molecular complexity index is 1450. The average Bonchev–Trinajstić information content (AvgIpc) is 3.52. The van der Waals surface area contributed by atoms with E-state index in [1.165, 1.54) is 37.7 Å². The van der Waals surface area contributed by atoms with Gasteiger partial charge in [0, 0.05) is 46.2 Å². The molecule has 1 N–H and O–H groups in total. The Morgan fingerprint density at radius 1 is 1.07 bits per heavy atom. The Kier molecular flexibility index (Phi) is 8.51. The first-order chi connectivity index (χ1) is 19.4. The Morgan fingerprint density at radius 2 is 1.80 bits per heavy atom. The molecule has 3 heterocycles. The highest BCUT2D eigenvalue weighted by molar-refractivity contribution is 7.11. The number of allylic oxidation sites excluding steroid dienone is 1. The molecule has 0 saturated heterocycles. The Labute approximate surface area is 239 Å². The van der Waals surface area contributed by atoms with Gasteiger partial charge in [-0.15, -0.1) is 11.3 Å². The molecular formula is C28H27ClFN5O4S. The minimum absolute atomic E-state index is 0.00358. The quantitative estimate of drug-likeness (QED) is 0.389. The van der Waals surface area contributed by atoms with Crippen molar-refractivity contribution >= 4 is 40.7 Å². The van der Waals surface area contributed by atoms with Gasteiger partial charge in [-0.1, -0.05) is 17.7 Å². The first-order valence-corrected chi connectivity index (χ1v) is 14.0. The van der Waals surface area contributed by atoms with Crippen LogP contribution in [0.15, 0.2) is 58.4 Å². The van der Waals surface area contributed by atoms with Crippen LogP contribution in [0, 0.1) is 11.7 Å². The molecule has 1 fully saturated rings. The lowest BCUT2D eigenvalue weighted by atomic mass is 9.77. The van der Waals surface area contributed by atoms with E-state index in [0.29, 0.717) is 33.2 Å². The van der Waals surface area contributed by atoms with E-state index < -0.39 is 17.8 Å². The van der Waals surface area contributed by atoms with Crippen LogP contribution in [-0.2, 0) is 25.5 Å². The molecule has 0 spiro atoms. The summed E-state index contributed by atoms with van der Waals surface area (Å²) in [5.41, 5.74) is 2.27. The van der Waals surface area contributed by atoms with E-state index in [4.69, 9.17) is 26.1 Å². The van der Waals surface area contributed by atoms with Crippen LogP contribution in [0.25, 0.3) is 0 Å². The summed E-state index contributed by atoms with van der Waals surface area (Å²) in [5, 5.41) is 6.08. The number of aliphatic imine (C=N–C) groups is 1. The van der Waals surface area contributed by atoms with Gasteiger partial charge in [0.1, 0.15) is 17.7 Å². The minimum atomic E-state index is -0.792. The van der Waals surface area contributed by atoms with E-state index in [1.807, 2.05) is 5.38 Å². The highest BCUT2D eigenvalue weighted by atomic mass is 35.5. The van der Waals surface area contributed by atoms with Gasteiger partial charge in [0.25, 0.3) is 0 Å². The van der Waals surface area contributed by atoms with Gasteiger partial charge in [0.15, 0.2) is 10.8 Å². The molecule has 0 amide bonds. The van der Waals surface area contributed by atoms with Crippen molar-refractivity contribution in [2.24, 2.45) is 10.9 Å². The number of ether oxygens (including phenoxy) is 2. The Hall–Kier alpha value is -3.70. The fraction of sp³-hybridized carbons (Fsp3) is 0.357. The molecule has 5 rings (SSSR count). The third-order valence-corrected chi connectivity index (χ3v) is 8.28. The lowest BCUT2D eigenvalue weighted by molar-refractivity contribution is -0.140. The van der Waals surface area contributed by atoms with Gasteiger partial charge in [-0.3, -0.25) is 9.79 Å². The summed E-state index contributed by atoms with van der Waals surface area (Å²) in [4.78, 5) is 43.0. The lowest BCUT2D eigenvalue weighted by Crippen LogP contribution is -2.37. The van der Waals surface area contributed by atoms with E-state index in [9.17, 15) is 14.0 Å². The van der Waals surface area contributed by atoms with Gasteiger partial charge >= 0.3 is 11.9 Å². The predicted molar refractivity (Wildman–Crippen MR) is 147 cm³/mol. The number of nitrogens with zero attached hydrogens (tertiary/aromatic N) is 4. The molecule has 1 aromatic carbocycles. The second-order valence-electron chi connectivity index (χ2n) is 9.58. The molecule has 208 valence electrons. The molecule has 0 radical (unpaired) electrons. The van der Waals surface area contributed by atoms with Gasteiger partial charge in [-0.05, 0) is 49.3 Å². The molecule has 1 unspecified atom stereocenters. The van der Waals surface area contributed by atoms with Gasteiger partial charge in [-0.2, -0.15) is 0 Å². The van der Waals surface area contributed by atoms with Crippen LogP contribution in [0.4, 0.5) is 4.39 Å². The summed E-state index contributed by atoms with van der Waals surface area (Å²) in [7, 11) is 2.68. The van der Waals surface area contributed by atoms with Crippen LogP contribution in [0.5, 0.6) is 0 Å². The number of hydrogen-bond donors (Lipinski definition) is 1. The van der Waals surface area contributed by atoms with Crippen LogP contribution in [-0.4, -0.2) is 46.9 Å². The topological polar surface area (TPSA) is 116 Å². The van der Waals surface area contributed by atoms with Gasteiger partial charge in [0.2, 0.25) is 0 Å². The van der Waals surface area contributed by atoms with E-state index >= 15 is 0 Å². The Balaban J connectivity index is 1.44. The van der Waals surface area contributed by atoms with Crippen molar-refractivity contribution in [1.29, 1.82) is 0 Å². The van der Waals surface area contributed by atoms with E-state index in [1.54, 1.807) is 24.7 Å². The molecular weight excluding hydrogens is 557 g/mol.